The lowest BCUT2D eigenvalue weighted by Gasteiger charge is -2.13. The SMILES string of the molecule is CNCc1cc(-c2ccc(F)cc2F)n(S(=O)(=O)c2cccc(NS(=O)(=O)NC3CC3)c2)c1.Cl. The molecule has 1 aliphatic rings. The van der Waals surface area contributed by atoms with Crippen LogP contribution in [0.25, 0.3) is 11.3 Å². The highest BCUT2D eigenvalue weighted by molar-refractivity contribution is 7.91. The molecule has 13 heteroatoms. The lowest BCUT2D eigenvalue weighted by atomic mass is 10.1. The van der Waals surface area contributed by atoms with Crippen LogP contribution in [-0.4, -0.2) is 33.9 Å². The molecule has 0 radical (unpaired) electrons. The third-order valence-corrected chi connectivity index (χ3v) is 7.79. The molecule has 1 saturated carbocycles. The lowest BCUT2D eigenvalue weighted by Crippen LogP contribution is -2.31. The molecule has 0 amide bonds. The zero-order valence-electron chi connectivity index (χ0n) is 18.0. The normalized spacial score (nSPS) is 14.0. The number of aromatic nitrogens is 1. The molecule has 1 aliphatic carbocycles. The number of benzene rings is 2. The third kappa shape index (κ3) is 5.76. The Labute approximate surface area is 203 Å². The van der Waals surface area contributed by atoms with Crippen molar-refractivity contribution in [2.45, 2.75) is 30.3 Å². The van der Waals surface area contributed by atoms with E-state index in [4.69, 9.17) is 0 Å². The highest BCUT2D eigenvalue weighted by atomic mass is 35.5. The smallest absolute Gasteiger partial charge is 0.299 e. The van der Waals surface area contributed by atoms with E-state index in [1.165, 1.54) is 42.6 Å². The zero-order valence-corrected chi connectivity index (χ0v) is 20.4. The lowest BCUT2D eigenvalue weighted by molar-refractivity contribution is 0.582. The maximum atomic E-state index is 14.5. The molecule has 1 fully saturated rings. The summed E-state index contributed by atoms with van der Waals surface area (Å²) < 4.78 is 85.0. The van der Waals surface area contributed by atoms with Crippen molar-refractivity contribution < 1.29 is 25.6 Å². The molecule has 3 N–H and O–H groups in total. The van der Waals surface area contributed by atoms with Crippen LogP contribution in [-0.2, 0) is 26.8 Å². The molecule has 0 aliphatic heterocycles. The number of hydrogen-bond acceptors (Lipinski definition) is 5. The quantitative estimate of drug-likeness (QED) is 0.392. The van der Waals surface area contributed by atoms with Gasteiger partial charge < -0.3 is 5.32 Å². The van der Waals surface area contributed by atoms with Gasteiger partial charge in [0.1, 0.15) is 11.6 Å². The summed E-state index contributed by atoms with van der Waals surface area (Å²) in [6.45, 7) is 0.311. The Bertz CT molecular complexity index is 1410. The number of halogens is 3. The van der Waals surface area contributed by atoms with Crippen LogP contribution in [0.1, 0.15) is 18.4 Å². The molecular weight excluding hydrogens is 510 g/mol. The van der Waals surface area contributed by atoms with Crippen LogP contribution in [0.3, 0.4) is 0 Å². The fraction of sp³-hybridized carbons (Fsp3) is 0.238. The minimum Gasteiger partial charge on any atom is -0.316 e. The molecule has 2 aromatic carbocycles. The monoisotopic (exact) mass is 532 g/mol. The Morgan fingerprint density at radius 2 is 1.76 bits per heavy atom. The summed E-state index contributed by atoms with van der Waals surface area (Å²) in [5.41, 5.74) is 0.540. The summed E-state index contributed by atoms with van der Waals surface area (Å²) in [4.78, 5) is -0.204. The fourth-order valence-corrected chi connectivity index (χ4v) is 5.94. The number of nitrogens with one attached hydrogen (secondary N) is 3. The first kappa shape index (κ1) is 26.1. The van der Waals surface area contributed by atoms with Gasteiger partial charge in [0.25, 0.3) is 20.2 Å². The number of hydrogen-bond donors (Lipinski definition) is 3. The van der Waals surface area contributed by atoms with Crippen LogP contribution in [0.2, 0.25) is 0 Å². The number of rotatable bonds is 9. The molecule has 1 heterocycles. The van der Waals surface area contributed by atoms with Gasteiger partial charge in [-0.05, 0) is 61.9 Å². The van der Waals surface area contributed by atoms with Crippen molar-refractivity contribution >= 4 is 38.3 Å². The predicted molar refractivity (Wildman–Crippen MR) is 128 cm³/mol. The molecular formula is C21H23ClF2N4O4S2. The van der Waals surface area contributed by atoms with Crippen LogP contribution in [0.15, 0.2) is 59.6 Å². The van der Waals surface area contributed by atoms with Gasteiger partial charge in [-0.2, -0.15) is 13.1 Å². The average molecular weight is 533 g/mol. The van der Waals surface area contributed by atoms with Crippen molar-refractivity contribution in [2.24, 2.45) is 0 Å². The largest absolute Gasteiger partial charge is 0.316 e. The van der Waals surface area contributed by atoms with Gasteiger partial charge in [-0.15, -0.1) is 12.4 Å². The topological polar surface area (TPSA) is 109 Å². The second kappa shape index (κ2) is 10.0. The van der Waals surface area contributed by atoms with Crippen molar-refractivity contribution in [1.82, 2.24) is 14.0 Å². The van der Waals surface area contributed by atoms with Crippen molar-refractivity contribution in [1.29, 1.82) is 0 Å². The molecule has 0 unspecified atom stereocenters. The molecule has 0 bridgehead atoms. The van der Waals surface area contributed by atoms with Gasteiger partial charge in [-0.1, -0.05) is 6.07 Å². The number of nitrogens with zero attached hydrogens (tertiary/aromatic N) is 1. The summed E-state index contributed by atoms with van der Waals surface area (Å²) >= 11 is 0. The summed E-state index contributed by atoms with van der Waals surface area (Å²) in [6, 6.07) is 9.59. The van der Waals surface area contributed by atoms with E-state index < -0.39 is 31.9 Å². The van der Waals surface area contributed by atoms with Gasteiger partial charge in [0.15, 0.2) is 0 Å². The maximum absolute atomic E-state index is 14.5. The van der Waals surface area contributed by atoms with Crippen molar-refractivity contribution in [3.63, 3.8) is 0 Å². The van der Waals surface area contributed by atoms with E-state index in [0.717, 1.165) is 22.9 Å². The van der Waals surface area contributed by atoms with Gasteiger partial charge in [-0.3, -0.25) is 4.72 Å². The molecule has 0 atom stereocenters. The Hall–Kier alpha value is -2.51. The molecule has 0 spiro atoms. The Balaban J connectivity index is 0.00000324. The number of anilines is 1. The van der Waals surface area contributed by atoms with E-state index in [-0.39, 0.29) is 40.3 Å². The van der Waals surface area contributed by atoms with Gasteiger partial charge in [0.2, 0.25) is 0 Å². The minimum atomic E-state index is -4.26. The van der Waals surface area contributed by atoms with Gasteiger partial charge >= 0.3 is 0 Å². The Morgan fingerprint density at radius 1 is 1.03 bits per heavy atom. The van der Waals surface area contributed by atoms with Crippen LogP contribution in [0.5, 0.6) is 0 Å². The minimum absolute atomic E-state index is 0. The van der Waals surface area contributed by atoms with Crippen molar-refractivity contribution in [2.75, 3.05) is 11.8 Å². The van der Waals surface area contributed by atoms with Crippen LogP contribution in [0.4, 0.5) is 14.5 Å². The molecule has 1 aromatic heterocycles. The van der Waals surface area contributed by atoms with E-state index in [1.807, 2.05) is 0 Å². The molecule has 4 rings (SSSR count). The van der Waals surface area contributed by atoms with Gasteiger partial charge in [-0.25, -0.2) is 21.2 Å². The van der Waals surface area contributed by atoms with E-state index in [9.17, 15) is 25.6 Å². The first-order valence-corrected chi connectivity index (χ1v) is 13.0. The molecule has 34 heavy (non-hydrogen) atoms. The second-order valence-electron chi connectivity index (χ2n) is 7.71. The molecule has 8 nitrogen and oxygen atoms in total. The van der Waals surface area contributed by atoms with E-state index in [0.29, 0.717) is 18.2 Å². The third-order valence-electron chi connectivity index (χ3n) is 4.97. The van der Waals surface area contributed by atoms with E-state index in [1.54, 1.807) is 7.05 Å². The first-order chi connectivity index (χ1) is 15.6. The summed E-state index contributed by atoms with van der Waals surface area (Å²) in [6.07, 6.45) is 2.84. The Kier molecular flexibility index (Phi) is 7.68. The predicted octanol–water partition coefficient (Wildman–Crippen LogP) is 3.22. The van der Waals surface area contributed by atoms with Gasteiger partial charge in [0, 0.05) is 30.4 Å². The van der Waals surface area contributed by atoms with Gasteiger partial charge in [0.05, 0.1) is 16.3 Å². The highest BCUT2D eigenvalue weighted by Crippen LogP contribution is 2.30. The van der Waals surface area contributed by atoms with Crippen LogP contribution >= 0.6 is 12.4 Å². The van der Waals surface area contributed by atoms with E-state index in [2.05, 4.69) is 14.8 Å². The standard InChI is InChI=1S/C21H22F2N4O4S2.ClH/c1-24-12-14-9-21(19-8-5-15(22)10-20(19)23)27(13-14)32(28,29)18-4-2-3-17(11-18)26-33(30,31)25-16-6-7-16;/h2-5,8-11,13,16,24-26H,6-7,12H2,1H3;1H. The van der Waals surface area contributed by atoms with Crippen LogP contribution < -0.4 is 14.8 Å². The fourth-order valence-electron chi connectivity index (χ4n) is 3.33. The second-order valence-corrected chi connectivity index (χ2v) is 11.0. The molecule has 0 saturated heterocycles. The molecule has 184 valence electrons. The maximum Gasteiger partial charge on any atom is 0.299 e. The van der Waals surface area contributed by atoms with Crippen molar-refractivity contribution in [3.8, 4) is 11.3 Å². The van der Waals surface area contributed by atoms with Crippen LogP contribution in [0, 0.1) is 11.6 Å². The summed E-state index contributed by atoms with van der Waals surface area (Å²) in [7, 11) is -6.44. The molecule has 3 aromatic rings. The summed E-state index contributed by atoms with van der Waals surface area (Å²) in [5, 5.41) is 2.90. The zero-order chi connectivity index (χ0) is 23.8. The Morgan fingerprint density at radius 3 is 2.41 bits per heavy atom. The first-order valence-electron chi connectivity index (χ1n) is 10.1. The average Bonchev–Trinajstić information content (AvgIpc) is 3.43. The van der Waals surface area contributed by atoms with E-state index >= 15 is 0 Å². The summed E-state index contributed by atoms with van der Waals surface area (Å²) in [5.74, 6) is -1.69. The van der Waals surface area contributed by atoms with Crippen molar-refractivity contribution in [3.05, 3.63) is 71.9 Å². The highest BCUT2D eigenvalue weighted by Gasteiger charge is 2.28.